The third-order valence-electron chi connectivity index (χ3n) is 1.88. The summed E-state index contributed by atoms with van der Waals surface area (Å²) in [6, 6.07) is 0. The Bertz CT molecular complexity index is 124. The maximum absolute atomic E-state index is 10.6. The second kappa shape index (κ2) is 7.06. The van der Waals surface area contributed by atoms with Gasteiger partial charge in [0.2, 0.25) is 0 Å². The van der Waals surface area contributed by atoms with E-state index in [4.69, 9.17) is 5.90 Å². The smallest absolute Gasteiger partial charge is 0.324 e. The van der Waals surface area contributed by atoms with Crippen molar-refractivity contribution in [1.82, 2.24) is 4.90 Å². The third kappa shape index (κ3) is 5.09. The molecule has 0 aliphatic carbocycles. The molecule has 4 nitrogen and oxygen atoms in total. The van der Waals surface area contributed by atoms with Crippen molar-refractivity contribution < 1.29 is 9.63 Å². The number of hydrogen-bond acceptors (Lipinski definition) is 4. The van der Waals surface area contributed by atoms with E-state index in [1.54, 1.807) is 0 Å². The van der Waals surface area contributed by atoms with E-state index in [1.807, 2.05) is 0 Å². The first-order valence-electron chi connectivity index (χ1n) is 4.36. The molecule has 0 amide bonds. The first kappa shape index (κ1) is 11.4. The van der Waals surface area contributed by atoms with E-state index in [1.165, 1.54) is 0 Å². The Morgan fingerprint density at radius 1 is 1.42 bits per heavy atom. The molecule has 0 heterocycles. The van der Waals surface area contributed by atoms with E-state index in [0.717, 1.165) is 26.1 Å². The lowest BCUT2D eigenvalue weighted by atomic mass is 10.3. The molecular formula is C8H18N2O2. The minimum Gasteiger partial charge on any atom is -0.373 e. The van der Waals surface area contributed by atoms with Crippen molar-refractivity contribution in [1.29, 1.82) is 0 Å². The SMILES string of the molecule is CCN(CC)CCCC(=O)ON. The first-order chi connectivity index (χ1) is 5.74. The Hall–Kier alpha value is -0.610. The molecule has 0 aromatic rings. The molecule has 0 spiro atoms. The van der Waals surface area contributed by atoms with Crippen molar-refractivity contribution in [3.05, 3.63) is 0 Å². The predicted molar refractivity (Wildman–Crippen MR) is 47.3 cm³/mol. The van der Waals surface area contributed by atoms with E-state index in [2.05, 4.69) is 23.6 Å². The molecule has 0 aliphatic rings. The Kier molecular flexibility index (Phi) is 6.70. The Morgan fingerprint density at radius 2 is 2.00 bits per heavy atom. The summed E-state index contributed by atoms with van der Waals surface area (Å²) in [4.78, 5) is 16.9. The largest absolute Gasteiger partial charge is 0.373 e. The second-order valence-electron chi connectivity index (χ2n) is 2.62. The summed E-state index contributed by atoms with van der Waals surface area (Å²) < 4.78 is 0. The Morgan fingerprint density at radius 3 is 2.42 bits per heavy atom. The van der Waals surface area contributed by atoms with Gasteiger partial charge in [-0.2, -0.15) is 5.90 Å². The summed E-state index contributed by atoms with van der Waals surface area (Å²) in [5, 5.41) is 0. The van der Waals surface area contributed by atoms with Crippen molar-refractivity contribution >= 4 is 5.97 Å². The number of carbonyl (C=O) groups excluding carboxylic acids is 1. The molecule has 0 radical (unpaired) electrons. The fourth-order valence-corrected chi connectivity index (χ4v) is 1.05. The van der Waals surface area contributed by atoms with E-state index in [0.29, 0.717) is 6.42 Å². The summed E-state index contributed by atoms with van der Waals surface area (Å²) in [6.45, 7) is 7.18. The first-order valence-corrected chi connectivity index (χ1v) is 4.36. The summed E-state index contributed by atoms with van der Waals surface area (Å²) >= 11 is 0. The van der Waals surface area contributed by atoms with Gasteiger partial charge in [-0.15, -0.1) is 0 Å². The van der Waals surface area contributed by atoms with Gasteiger partial charge in [0, 0.05) is 6.42 Å². The van der Waals surface area contributed by atoms with Crippen LogP contribution in [0.5, 0.6) is 0 Å². The van der Waals surface area contributed by atoms with Gasteiger partial charge in [-0.1, -0.05) is 13.8 Å². The summed E-state index contributed by atoms with van der Waals surface area (Å²) in [7, 11) is 0. The van der Waals surface area contributed by atoms with Crippen LogP contribution in [0.25, 0.3) is 0 Å². The molecule has 0 aromatic heterocycles. The molecule has 0 rings (SSSR count). The zero-order valence-electron chi connectivity index (χ0n) is 7.88. The molecule has 4 heteroatoms. The average Bonchev–Trinajstić information content (AvgIpc) is 2.12. The van der Waals surface area contributed by atoms with Crippen LogP contribution in [0.1, 0.15) is 26.7 Å². The fraction of sp³-hybridized carbons (Fsp3) is 0.875. The van der Waals surface area contributed by atoms with Crippen molar-refractivity contribution in [3.8, 4) is 0 Å². The quantitative estimate of drug-likeness (QED) is 0.597. The lowest BCUT2D eigenvalue weighted by Crippen LogP contribution is -2.24. The molecule has 0 saturated carbocycles. The maximum atomic E-state index is 10.6. The second-order valence-corrected chi connectivity index (χ2v) is 2.62. The van der Waals surface area contributed by atoms with Gasteiger partial charge in [0.1, 0.15) is 0 Å². The molecule has 0 saturated heterocycles. The third-order valence-corrected chi connectivity index (χ3v) is 1.88. The molecule has 0 aromatic carbocycles. The van der Waals surface area contributed by atoms with Crippen molar-refractivity contribution in [2.75, 3.05) is 19.6 Å². The summed E-state index contributed by atoms with van der Waals surface area (Å²) in [5.41, 5.74) is 0. The van der Waals surface area contributed by atoms with Crippen LogP contribution in [0, 0.1) is 0 Å². The predicted octanol–water partition coefficient (Wildman–Crippen LogP) is 0.525. The summed E-state index contributed by atoms with van der Waals surface area (Å²) in [6.07, 6.45) is 1.23. The van der Waals surface area contributed by atoms with Gasteiger partial charge in [0.05, 0.1) is 0 Å². The van der Waals surface area contributed by atoms with Crippen molar-refractivity contribution in [2.45, 2.75) is 26.7 Å². The minimum atomic E-state index is -0.331. The molecular weight excluding hydrogens is 156 g/mol. The van der Waals surface area contributed by atoms with E-state index in [9.17, 15) is 4.79 Å². The molecule has 72 valence electrons. The van der Waals surface area contributed by atoms with E-state index < -0.39 is 0 Å². The van der Waals surface area contributed by atoms with Crippen molar-refractivity contribution in [2.24, 2.45) is 5.90 Å². The maximum Gasteiger partial charge on any atom is 0.324 e. The van der Waals surface area contributed by atoms with Crippen LogP contribution in [-0.2, 0) is 9.63 Å². The molecule has 0 aliphatic heterocycles. The molecule has 0 atom stereocenters. The highest BCUT2D eigenvalue weighted by Gasteiger charge is 2.02. The number of nitrogens with two attached hydrogens (primary N) is 1. The minimum absolute atomic E-state index is 0.331. The van der Waals surface area contributed by atoms with Crippen LogP contribution in [-0.4, -0.2) is 30.5 Å². The zero-order chi connectivity index (χ0) is 9.40. The molecule has 0 bridgehead atoms. The average molecular weight is 174 g/mol. The standard InChI is InChI=1S/C8H18N2O2/c1-3-10(4-2)7-5-6-8(11)12-9/h3-7,9H2,1-2H3. The lowest BCUT2D eigenvalue weighted by molar-refractivity contribution is -0.144. The van der Waals surface area contributed by atoms with E-state index >= 15 is 0 Å². The summed E-state index contributed by atoms with van der Waals surface area (Å²) in [5.74, 6) is 4.36. The van der Waals surface area contributed by atoms with Gasteiger partial charge in [-0.3, -0.25) is 4.79 Å². The highest BCUT2D eigenvalue weighted by Crippen LogP contribution is 1.95. The van der Waals surface area contributed by atoms with Crippen molar-refractivity contribution in [3.63, 3.8) is 0 Å². The zero-order valence-corrected chi connectivity index (χ0v) is 7.88. The highest BCUT2D eigenvalue weighted by atomic mass is 16.7. The van der Waals surface area contributed by atoms with Gasteiger partial charge in [-0.05, 0) is 26.1 Å². The normalized spacial score (nSPS) is 10.3. The molecule has 0 unspecified atom stereocenters. The highest BCUT2D eigenvalue weighted by molar-refractivity contribution is 5.68. The van der Waals surface area contributed by atoms with E-state index in [-0.39, 0.29) is 5.97 Å². The number of nitrogens with zero attached hydrogens (tertiary/aromatic N) is 1. The molecule has 0 fully saturated rings. The molecule has 12 heavy (non-hydrogen) atoms. The van der Waals surface area contributed by atoms with Crippen LogP contribution in [0.4, 0.5) is 0 Å². The van der Waals surface area contributed by atoms with Crippen LogP contribution in [0.2, 0.25) is 0 Å². The lowest BCUT2D eigenvalue weighted by Gasteiger charge is -2.16. The van der Waals surface area contributed by atoms with Crippen LogP contribution in [0.15, 0.2) is 0 Å². The van der Waals surface area contributed by atoms with Gasteiger partial charge in [0.15, 0.2) is 0 Å². The number of rotatable bonds is 6. The Labute approximate surface area is 73.6 Å². The van der Waals surface area contributed by atoms with Gasteiger partial charge in [-0.25, -0.2) is 0 Å². The number of hydrogen-bond donors (Lipinski definition) is 1. The Balaban J connectivity index is 3.34. The molecule has 2 N–H and O–H groups in total. The van der Waals surface area contributed by atoms with Crippen LogP contribution >= 0.6 is 0 Å². The van der Waals surface area contributed by atoms with Crippen LogP contribution < -0.4 is 5.90 Å². The monoisotopic (exact) mass is 174 g/mol. The van der Waals surface area contributed by atoms with Gasteiger partial charge < -0.3 is 9.74 Å². The van der Waals surface area contributed by atoms with Gasteiger partial charge in [0.25, 0.3) is 0 Å². The topological polar surface area (TPSA) is 55.6 Å². The fourth-order valence-electron chi connectivity index (χ4n) is 1.05. The van der Waals surface area contributed by atoms with Crippen LogP contribution in [0.3, 0.4) is 0 Å². The van der Waals surface area contributed by atoms with Gasteiger partial charge >= 0.3 is 5.97 Å². The number of carbonyl (C=O) groups is 1.